The van der Waals surface area contributed by atoms with E-state index in [9.17, 15) is 21.6 Å². The van der Waals surface area contributed by atoms with Gasteiger partial charge in [0.1, 0.15) is 0 Å². The molecular weight excluding hydrogens is 414 g/mol. The topological polar surface area (TPSA) is 113 Å². The second-order valence-electron chi connectivity index (χ2n) is 6.98. The molecule has 1 atom stereocenters. The van der Waals surface area contributed by atoms with Gasteiger partial charge in [-0.2, -0.15) is 0 Å². The van der Waals surface area contributed by atoms with Crippen LogP contribution in [0.4, 0.5) is 11.4 Å². The van der Waals surface area contributed by atoms with E-state index in [1.807, 2.05) is 0 Å². The van der Waals surface area contributed by atoms with E-state index in [0.717, 1.165) is 11.8 Å². The molecule has 1 saturated heterocycles. The van der Waals surface area contributed by atoms with Crippen LogP contribution in [0, 0.1) is 0 Å². The normalized spacial score (nSPS) is 17.0. The van der Waals surface area contributed by atoms with E-state index in [1.54, 1.807) is 55.5 Å². The van der Waals surface area contributed by atoms with E-state index in [4.69, 9.17) is 0 Å². The lowest BCUT2D eigenvalue weighted by Gasteiger charge is -2.18. The van der Waals surface area contributed by atoms with Crippen molar-refractivity contribution in [3.63, 3.8) is 0 Å². The van der Waals surface area contributed by atoms with Gasteiger partial charge in [-0.05, 0) is 55.3 Å². The number of nitrogens with one attached hydrogen (secondary N) is 2. The first-order valence-electron chi connectivity index (χ1n) is 9.04. The number of carbonyl (C=O) groups excluding carboxylic acids is 1. The molecule has 1 unspecified atom stereocenters. The Morgan fingerprint density at radius 2 is 1.83 bits per heavy atom. The van der Waals surface area contributed by atoms with Crippen LogP contribution in [0.15, 0.2) is 48.5 Å². The van der Waals surface area contributed by atoms with Crippen LogP contribution < -0.4 is 14.3 Å². The first-order chi connectivity index (χ1) is 13.5. The van der Waals surface area contributed by atoms with Gasteiger partial charge in [-0.15, -0.1) is 0 Å². The maximum absolute atomic E-state index is 12.5. The highest BCUT2D eigenvalue weighted by molar-refractivity contribution is 7.93. The molecule has 2 N–H and O–H groups in total. The summed E-state index contributed by atoms with van der Waals surface area (Å²) < 4.78 is 50.5. The van der Waals surface area contributed by atoms with Crippen molar-refractivity contribution < 1.29 is 21.6 Å². The average molecular weight is 438 g/mol. The molecule has 1 aliphatic heterocycles. The Labute approximate surface area is 171 Å². The lowest BCUT2D eigenvalue weighted by molar-refractivity contribution is 0.0940. The zero-order valence-corrected chi connectivity index (χ0v) is 17.8. The molecule has 156 valence electrons. The second kappa shape index (κ2) is 8.03. The molecule has 1 fully saturated rings. The van der Waals surface area contributed by atoms with E-state index < -0.39 is 20.0 Å². The molecule has 8 nitrogen and oxygen atoms in total. The fraction of sp³-hybridized carbons (Fsp3) is 0.316. The third-order valence-corrected chi connectivity index (χ3v) is 7.03. The van der Waals surface area contributed by atoms with E-state index in [1.165, 1.54) is 4.31 Å². The summed E-state index contributed by atoms with van der Waals surface area (Å²) in [6.07, 6.45) is 1.66. The predicted octanol–water partition coefficient (Wildman–Crippen LogP) is 2.09. The SMILES string of the molecule is CC(NC(=O)c1ccc(N2CCCS2(=O)=O)cc1)c1cccc(NS(C)(=O)=O)c1. The Kier molecular flexibility index (Phi) is 5.85. The monoisotopic (exact) mass is 437 g/mol. The Morgan fingerprint density at radius 1 is 1.14 bits per heavy atom. The van der Waals surface area contributed by atoms with Crippen LogP contribution in [0.3, 0.4) is 0 Å². The molecule has 0 aliphatic carbocycles. The lowest BCUT2D eigenvalue weighted by atomic mass is 10.1. The van der Waals surface area contributed by atoms with E-state index in [-0.39, 0.29) is 17.7 Å². The lowest BCUT2D eigenvalue weighted by Crippen LogP contribution is -2.27. The van der Waals surface area contributed by atoms with Gasteiger partial charge < -0.3 is 5.32 Å². The Bertz CT molecular complexity index is 1110. The predicted molar refractivity (Wildman–Crippen MR) is 113 cm³/mol. The van der Waals surface area contributed by atoms with E-state index in [0.29, 0.717) is 29.9 Å². The number of rotatable bonds is 6. The summed E-state index contributed by atoms with van der Waals surface area (Å²) in [7, 11) is -6.65. The van der Waals surface area contributed by atoms with Crippen LogP contribution in [0.5, 0.6) is 0 Å². The minimum Gasteiger partial charge on any atom is -0.346 e. The second-order valence-corrected chi connectivity index (χ2v) is 10.7. The Morgan fingerprint density at radius 3 is 2.41 bits per heavy atom. The van der Waals surface area contributed by atoms with Crippen molar-refractivity contribution in [2.24, 2.45) is 0 Å². The zero-order chi connectivity index (χ0) is 21.2. The molecule has 10 heteroatoms. The molecule has 1 aliphatic rings. The van der Waals surface area contributed by atoms with Gasteiger partial charge >= 0.3 is 0 Å². The standard InChI is InChI=1S/C19H23N3O5S2/c1-14(16-5-3-6-17(13-16)21-28(2,24)25)20-19(23)15-7-9-18(10-8-15)22-11-4-12-29(22,26)27/h3,5-10,13-14,21H,4,11-12H2,1-2H3,(H,20,23). The molecule has 2 aromatic carbocycles. The van der Waals surface area contributed by atoms with Gasteiger partial charge in [0.2, 0.25) is 20.0 Å². The molecule has 0 bridgehead atoms. The minimum atomic E-state index is -3.39. The van der Waals surface area contributed by atoms with Gasteiger partial charge in [0, 0.05) is 17.8 Å². The van der Waals surface area contributed by atoms with Gasteiger partial charge in [-0.25, -0.2) is 16.8 Å². The number of anilines is 2. The van der Waals surface area contributed by atoms with Crippen molar-refractivity contribution in [3.8, 4) is 0 Å². The number of hydrogen-bond acceptors (Lipinski definition) is 5. The number of carbonyl (C=O) groups is 1. The summed E-state index contributed by atoms with van der Waals surface area (Å²) >= 11 is 0. The van der Waals surface area contributed by atoms with Gasteiger partial charge in [0.15, 0.2) is 0 Å². The van der Waals surface area contributed by atoms with Crippen molar-refractivity contribution >= 4 is 37.3 Å². The number of amides is 1. The molecule has 3 rings (SSSR count). The van der Waals surface area contributed by atoms with E-state index >= 15 is 0 Å². The molecule has 2 aromatic rings. The van der Waals surface area contributed by atoms with Crippen molar-refractivity contribution in [2.75, 3.05) is 27.6 Å². The number of nitrogens with zero attached hydrogens (tertiary/aromatic N) is 1. The molecule has 1 heterocycles. The maximum atomic E-state index is 12.5. The number of sulfonamides is 2. The fourth-order valence-corrected chi connectivity index (χ4v) is 5.28. The first-order valence-corrected chi connectivity index (χ1v) is 12.5. The van der Waals surface area contributed by atoms with Crippen LogP contribution in [-0.4, -0.2) is 41.3 Å². The zero-order valence-electron chi connectivity index (χ0n) is 16.1. The quantitative estimate of drug-likeness (QED) is 0.719. The third kappa shape index (κ3) is 5.27. The van der Waals surface area contributed by atoms with Gasteiger partial charge in [-0.3, -0.25) is 13.8 Å². The first kappa shape index (κ1) is 21.1. The summed E-state index contributed by atoms with van der Waals surface area (Å²) in [4.78, 5) is 12.5. The Hall–Kier alpha value is -2.59. The minimum absolute atomic E-state index is 0.139. The summed E-state index contributed by atoms with van der Waals surface area (Å²) in [5.41, 5.74) is 2.11. The highest BCUT2D eigenvalue weighted by Gasteiger charge is 2.28. The Balaban J connectivity index is 1.69. The van der Waals surface area contributed by atoms with Crippen molar-refractivity contribution in [1.82, 2.24) is 5.32 Å². The summed E-state index contributed by atoms with van der Waals surface area (Å²) in [5.74, 6) is -0.171. The van der Waals surface area contributed by atoms with Crippen LogP contribution >= 0.6 is 0 Å². The smallest absolute Gasteiger partial charge is 0.251 e. The molecule has 1 amide bonds. The maximum Gasteiger partial charge on any atom is 0.251 e. The van der Waals surface area contributed by atoms with Crippen LogP contribution in [-0.2, 0) is 20.0 Å². The van der Waals surface area contributed by atoms with Gasteiger partial charge in [0.25, 0.3) is 5.91 Å². The van der Waals surface area contributed by atoms with Crippen molar-refractivity contribution in [2.45, 2.75) is 19.4 Å². The third-order valence-electron chi connectivity index (χ3n) is 4.55. The van der Waals surface area contributed by atoms with Crippen LogP contribution in [0.25, 0.3) is 0 Å². The summed E-state index contributed by atoms with van der Waals surface area (Å²) in [5, 5.41) is 2.86. The largest absolute Gasteiger partial charge is 0.346 e. The molecule has 29 heavy (non-hydrogen) atoms. The molecule has 0 spiro atoms. The van der Waals surface area contributed by atoms with Crippen LogP contribution in [0.2, 0.25) is 0 Å². The fourth-order valence-electron chi connectivity index (χ4n) is 3.16. The van der Waals surface area contributed by atoms with Crippen molar-refractivity contribution in [3.05, 3.63) is 59.7 Å². The number of benzene rings is 2. The average Bonchev–Trinajstić information content (AvgIpc) is 2.99. The van der Waals surface area contributed by atoms with E-state index in [2.05, 4.69) is 10.0 Å². The van der Waals surface area contributed by atoms with Gasteiger partial charge in [0.05, 0.1) is 23.7 Å². The molecule has 0 radical (unpaired) electrons. The van der Waals surface area contributed by atoms with Crippen molar-refractivity contribution in [1.29, 1.82) is 0 Å². The highest BCUT2D eigenvalue weighted by Crippen LogP contribution is 2.24. The highest BCUT2D eigenvalue weighted by atomic mass is 32.2. The molecule has 0 saturated carbocycles. The number of hydrogen-bond donors (Lipinski definition) is 2. The summed E-state index contributed by atoms with van der Waals surface area (Å²) in [6.45, 7) is 2.24. The molecular formula is C19H23N3O5S2. The molecule has 0 aromatic heterocycles. The van der Waals surface area contributed by atoms with Crippen LogP contribution in [0.1, 0.15) is 35.3 Å². The van der Waals surface area contributed by atoms with Gasteiger partial charge in [-0.1, -0.05) is 12.1 Å². The summed E-state index contributed by atoms with van der Waals surface area (Å²) in [6, 6.07) is 12.9.